The Labute approximate surface area is 157 Å². The second-order valence-corrected chi connectivity index (χ2v) is 6.78. The SMILES string of the molecule is CCn1ccc2cc(Nc3cc(C)ccn3)nc(N[C@H]3CCOC3)c2c1=O. The monoisotopic (exact) mass is 365 g/mol. The van der Waals surface area contributed by atoms with Gasteiger partial charge in [0.1, 0.15) is 17.5 Å². The molecule has 140 valence electrons. The lowest BCUT2D eigenvalue weighted by Crippen LogP contribution is -2.24. The highest BCUT2D eigenvalue weighted by atomic mass is 16.5. The molecule has 0 bridgehead atoms. The molecule has 7 nitrogen and oxygen atoms in total. The van der Waals surface area contributed by atoms with E-state index in [9.17, 15) is 4.79 Å². The Bertz CT molecular complexity index is 1020. The molecule has 0 saturated carbocycles. The van der Waals surface area contributed by atoms with Gasteiger partial charge in [-0.05, 0) is 55.5 Å². The van der Waals surface area contributed by atoms with E-state index < -0.39 is 0 Å². The first-order chi connectivity index (χ1) is 13.1. The van der Waals surface area contributed by atoms with E-state index in [2.05, 4.69) is 15.6 Å². The highest BCUT2D eigenvalue weighted by Gasteiger charge is 2.19. The number of anilines is 3. The van der Waals surface area contributed by atoms with E-state index >= 15 is 0 Å². The molecule has 27 heavy (non-hydrogen) atoms. The Morgan fingerprint density at radius 2 is 2.19 bits per heavy atom. The van der Waals surface area contributed by atoms with Gasteiger partial charge in [-0.3, -0.25) is 4.79 Å². The van der Waals surface area contributed by atoms with Gasteiger partial charge >= 0.3 is 0 Å². The number of nitrogens with one attached hydrogen (secondary N) is 2. The van der Waals surface area contributed by atoms with Crippen molar-refractivity contribution in [3.63, 3.8) is 0 Å². The normalized spacial score (nSPS) is 16.6. The molecule has 4 heterocycles. The van der Waals surface area contributed by atoms with E-state index in [0.717, 1.165) is 29.8 Å². The highest BCUT2D eigenvalue weighted by Crippen LogP contribution is 2.25. The lowest BCUT2D eigenvalue weighted by atomic mass is 10.1. The quantitative estimate of drug-likeness (QED) is 0.723. The standard InChI is InChI=1S/C20H23N5O2/c1-3-25-8-5-14-11-17(23-16-10-13(2)4-7-21-16)24-19(18(14)20(25)26)22-15-6-9-27-12-15/h4-5,7-8,10-11,15H,3,6,9,12H2,1-2H3,(H2,21,22,23,24)/t15-/m0/s1. The van der Waals surface area contributed by atoms with Gasteiger partial charge in [-0.15, -0.1) is 0 Å². The van der Waals surface area contributed by atoms with Gasteiger partial charge in [0, 0.05) is 25.5 Å². The number of nitrogens with zero attached hydrogens (tertiary/aromatic N) is 3. The van der Waals surface area contributed by atoms with Gasteiger partial charge in [-0.25, -0.2) is 9.97 Å². The summed E-state index contributed by atoms with van der Waals surface area (Å²) in [5, 5.41) is 8.10. The summed E-state index contributed by atoms with van der Waals surface area (Å²) in [4.78, 5) is 21.9. The average Bonchev–Trinajstić information content (AvgIpc) is 3.15. The molecule has 0 aliphatic carbocycles. The summed E-state index contributed by atoms with van der Waals surface area (Å²) in [5.41, 5.74) is 1.07. The van der Waals surface area contributed by atoms with Crippen molar-refractivity contribution in [3.05, 3.63) is 52.6 Å². The molecule has 1 aliphatic rings. The highest BCUT2D eigenvalue weighted by molar-refractivity contribution is 5.93. The minimum atomic E-state index is -0.0378. The summed E-state index contributed by atoms with van der Waals surface area (Å²) in [6.07, 6.45) is 4.48. The Morgan fingerprint density at radius 1 is 1.30 bits per heavy atom. The molecule has 3 aromatic heterocycles. The molecule has 1 saturated heterocycles. The van der Waals surface area contributed by atoms with Gasteiger partial charge in [0.15, 0.2) is 0 Å². The van der Waals surface area contributed by atoms with Gasteiger partial charge in [0.05, 0.1) is 18.0 Å². The summed E-state index contributed by atoms with van der Waals surface area (Å²) >= 11 is 0. The molecule has 0 spiro atoms. The van der Waals surface area contributed by atoms with Crippen molar-refractivity contribution in [2.75, 3.05) is 23.8 Å². The van der Waals surface area contributed by atoms with Crippen LogP contribution in [0.5, 0.6) is 0 Å². The van der Waals surface area contributed by atoms with Crippen molar-refractivity contribution in [3.8, 4) is 0 Å². The topological polar surface area (TPSA) is 81.1 Å². The van der Waals surface area contributed by atoms with Crippen molar-refractivity contribution in [1.29, 1.82) is 0 Å². The van der Waals surface area contributed by atoms with Crippen molar-refractivity contribution in [2.24, 2.45) is 0 Å². The summed E-state index contributed by atoms with van der Waals surface area (Å²) in [5.74, 6) is 1.96. The summed E-state index contributed by atoms with van der Waals surface area (Å²) < 4.78 is 7.15. The second-order valence-electron chi connectivity index (χ2n) is 6.78. The summed E-state index contributed by atoms with van der Waals surface area (Å²) in [6, 6.07) is 7.89. The number of fused-ring (bicyclic) bond motifs is 1. The summed E-state index contributed by atoms with van der Waals surface area (Å²) in [7, 11) is 0. The van der Waals surface area contributed by atoms with Crippen LogP contribution in [0.3, 0.4) is 0 Å². The minimum absolute atomic E-state index is 0.0378. The van der Waals surface area contributed by atoms with Crippen LogP contribution in [0.2, 0.25) is 0 Å². The first-order valence-electron chi connectivity index (χ1n) is 9.22. The third-order valence-electron chi connectivity index (χ3n) is 4.74. The zero-order valence-corrected chi connectivity index (χ0v) is 15.5. The van der Waals surface area contributed by atoms with Crippen LogP contribution in [0.4, 0.5) is 17.5 Å². The number of hydrogen-bond acceptors (Lipinski definition) is 6. The third kappa shape index (κ3) is 3.64. The van der Waals surface area contributed by atoms with Crippen molar-refractivity contribution in [2.45, 2.75) is 32.9 Å². The van der Waals surface area contributed by atoms with Crippen LogP contribution in [-0.2, 0) is 11.3 Å². The molecule has 2 N–H and O–H groups in total. The van der Waals surface area contributed by atoms with Crippen LogP contribution in [0.1, 0.15) is 18.9 Å². The van der Waals surface area contributed by atoms with Gasteiger partial charge in [0.2, 0.25) is 0 Å². The predicted octanol–water partition coefficient (Wildman–Crippen LogP) is 3.06. The zero-order chi connectivity index (χ0) is 18.8. The molecule has 3 aromatic rings. The lowest BCUT2D eigenvalue weighted by Gasteiger charge is -2.16. The van der Waals surface area contributed by atoms with E-state index in [4.69, 9.17) is 9.72 Å². The Hall–Kier alpha value is -2.93. The van der Waals surface area contributed by atoms with Crippen molar-refractivity contribution < 1.29 is 4.74 Å². The molecule has 0 radical (unpaired) electrons. The molecular weight excluding hydrogens is 342 g/mol. The Balaban J connectivity index is 1.80. The Morgan fingerprint density at radius 3 is 2.93 bits per heavy atom. The molecule has 0 aromatic carbocycles. The fourth-order valence-corrected chi connectivity index (χ4v) is 3.30. The first kappa shape index (κ1) is 17.5. The van der Waals surface area contributed by atoms with E-state index in [1.54, 1.807) is 10.8 Å². The molecule has 1 fully saturated rings. The first-order valence-corrected chi connectivity index (χ1v) is 9.22. The number of ether oxygens (including phenoxy) is 1. The molecule has 0 unspecified atom stereocenters. The fourth-order valence-electron chi connectivity index (χ4n) is 3.30. The van der Waals surface area contributed by atoms with Crippen LogP contribution in [0, 0.1) is 6.92 Å². The number of aryl methyl sites for hydroxylation is 2. The number of rotatable bonds is 5. The van der Waals surface area contributed by atoms with Gasteiger partial charge < -0.3 is 19.9 Å². The van der Waals surface area contributed by atoms with E-state index in [1.165, 1.54) is 0 Å². The number of hydrogen-bond donors (Lipinski definition) is 2. The predicted molar refractivity (Wildman–Crippen MR) is 107 cm³/mol. The maximum atomic E-state index is 12.9. The average molecular weight is 365 g/mol. The van der Waals surface area contributed by atoms with E-state index in [-0.39, 0.29) is 11.6 Å². The lowest BCUT2D eigenvalue weighted by molar-refractivity contribution is 0.195. The largest absolute Gasteiger partial charge is 0.379 e. The Kier molecular flexibility index (Phi) is 4.77. The minimum Gasteiger partial charge on any atom is -0.379 e. The molecule has 1 atom stereocenters. The maximum Gasteiger partial charge on any atom is 0.262 e. The third-order valence-corrected chi connectivity index (χ3v) is 4.74. The second kappa shape index (κ2) is 7.36. The number of aromatic nitrogens is 3. The molecule has 0 amide bonds. The zero-order valence-electron chi connectivity index (χ0n) is 15.5. The van der Waals surface area contributed by atoms with E-state index in [1.807, 2.05) is 44.3 Å². The van der Waals surface area contributed by atoms with Crippen LogP contribution >= 0.6 is 0 Å². The summed E-state index contributed by atoms with van der Waals surface area (Å²) in [6.45, 7) is 5.93. The van der Waals surface area contributed by atoms with Gasteiger partial charge in [0.25, 0.3) is 5.56 Å². The maximum absolute atomic E-state index is 12.9. The molecule has 7 heteroatoms. The molecule has 4 rings (SSSR count). The van der Waals surface area contributed by atoms with E-state index in [0.29, 0.717) is 30.2 Å². The smallest absolute Gasteiger partial charge is 0.262 e. The van der Waals surface area contributed by atoms with Crippen LogP contribution in [0.15, 0.2) is 41.5 Å². The van der Waals surface area contributed by atoms with Crippen LogP contribution in [0.25, 0.3) is 10.8 Å². The van der Waals surface area contributed by atoms with Gasteiger partial charge in [-0.1, -0.05) is 0 Å². The van der Waals surface area contributed by atoms with Crippen LogP contribution in [-0.4, -0.2) is 33.8 Å². The fraction of sp³-hybridized carbons (Fsp3) is 0.350. The van der Waals surface area contributed by atoms with Crippen LogP contribution < -0.4 is 16.2 Å². The van der Waals surface area contributed by atoms with Gasteiger partial charge in [-0.2, -0.15) is 0 Å². The number of pyridine rings is 3. The molecular formula is C20H23N5O2. The van der Waals surface area contributed by atoms with Crippen molar-refractivity contribution in [1.82, 2.24) is 14.5 Å². The molecule has 1 aliphatic heterocycles. The van der Waals surface area contributed by atoms with Crippen molar-refractivity contribution >= 4 is 28.2 Å².